The second-order valence-corrected chi connectivity index (χ2v) is 7.58. The molecule has 116 valence electrons. The summed E-state index contributed by atoms with van der Waals surface area (Å²) in [4.78, 5) is 28.0. The van der Waals surface area contributed by atoms with E-state index in [9.17, 15) is 18.0 Å². The molecule has 6 nitrogen and oxygen atoms in total. The first kappa shape index (κ1) is 15.8. The minimum absolute atomic E-state index is 0.0195. The second kappa shape index (κ2) is 6.43. The van der Waals surface area contributed by atoms with Crippen LogP contribution in [-0.4, -0.2) is 48.3 Å². The maximum absolute atomic E-state index is 12.6. The molecule has 1 N–H and O–H groups in total. The Morgan fingerprint density at radius 3 is 2.81 bits per heavy atom. The standard InChI is InChI=1S/C14H20N2O4S/c1-2-3-7-16(12-5-8-21(19,20)10-12)14(18)11-4-6-15-13(17)9-11/h4,6,9,12H,2-3,5,7-8,10H2,1H3,(H,15,17). The predicted octanol–water partition coefficient (Wildman–Crippen LogP) is 0.804. The molecule has 0 spiro atoms. The van der Waals surface area contributed by atoms with Gasteiger partial charge in [0.1, 0.15) is 0 Å². The monoisotopic (exact) mass is 312 g/mol. The smallest absolute Gasteiger partial charge is 0.254 e. The normalized spacial score (nSPS) is 20.3. The van der Waals surface area contributed by atoms with Crippen LogP contribution in [0.2, 0.25) is 0 Å². The van der Waals surface area contributed by atoms with Crippen molar-refractivity contribution in [3.63, 3.8) is 0 Å². The van der Waals surface area contributed by atoms with Crippen LogP contribution in [0.25, 0.3) is 0 Å². The number of sulfone groups is 1. The number of hydrogen-bond acceptors (Lipinski definition) is 4. The van der Waals surface area contributed by atoms with Crippen molar-refractivity contribution < 1.29 is 13.2 Å². The molecule has 2 rings (SSSR count). The molecule has 1 saturated heterocycles. The van der Waals surface area contributed by atoms with Gasteiger partial charge in [-0.05, 0) is 18.9 Å². The average Bonchev–Trinajstić information content (AvgIpc) is 2.79. The lowest BCUT2D eigenvalue weighted by molar-refractivity contribution is 0.0694. The first-order chi connectivity index (χ1) is 9.93. The Kier molecular flexibility index (Phi) is 4.82. The molecule has 21 heavy (non-hydrogen) atoms. The van der Waals surface area contributed by atoms with Crippen molar-refractivity contribution in [1.82, 2.24) is 9.88 Å². The Balaban J connectivity index is 2.23. The van der Waals surface area contributed by atoms with Crippen LogP contribution in [0.5, 0.6) is 0 Å². The second-order valence-electron chi connectivity index (χ2n) is 5.35. The van der Waals surface area contributed by atoms with E-state index in [0.29, 0.717) is 18.5 Å². The largest absolute Gasteiger partial charge is 0.335 e. The Morgan fingerprint density at radius 1 is 1.48 bits per heavy atom. The van der Waals surface area contributed by atoms with Crippen molar-refractivity contribution in [3.8, 4) is 0 Å². The van der Waals surface area contributed by atoms with Gasteiger partial charge in [0.2, 0.25) is 5.56 Å². The van der Waals surface area contributed by atoms with E-state index in [0.717, 1.165) is 12.8 Å². The van der Waals surface area contributed by atoms with Gasteiger partial charge >= 0.3 is 0 Å². The van der Waals surface area contributed by atoms with Gasteiger partial charge < -0.3 is 9.88 Å². The molecule has 0 bridgehead atoms. The lowest BCUT2D eigenvalue weighted by Gasteiger charge is -2.28. The molecular formula is C14H20N2O4S. The quantitative estimate of drug-likeness (QED) is 0.871. The summed E-state index contributed by atoms with van der Waals surface area (Å²) in [6.07, 6.45) is 3.63. The third-order valence-corrected chi connectivity index (χ3v) is 5.43. The molecule has 1 aliphatic rings. The zero-order chi connectivity index (χ0) is 15.5. The van der Waals surface area contributed by atoms with Gasteiger partial charge in [0.25, 0.3) is 5.91 Å². The van der Waals surface area contributed by atoms with Crippen LogP contribution >= 0.6 is 0 Å². The highest BCUT2D eigenvalue weighted by atomic mass is 32.2. The molecule has 0 aliphatic carbocycles. The summed E-state index contributed by atoms with van der Waals surface area (Å²) in [6.45, 7) is 2.53. The number of nitrogens with zero attached hydrogens (tertiary/aromatic N) is 1. The molecule has 1 atom stereocenters. The maximum Gasteiger partial charge on any atom is 0.254 e. The van der Waals surface area contributed by atoms with E-state index in [1.807, 2.05) is 6.92 Å². The summed E-state index contributed by atoms with van der Waals surface area (Å²) in [5, 5.41) is 0. The van der Waals surface area contributed by atoms with Crippen molar-refractivity contribution in [1.29, 1.82) is 0 Å². The van der Waals surface area contributed by atoms with Gasteiger partial charge in [0, 0.05) is 30.4 Å². The van der Waals surface area contributed by atoms with Crippen molar-refractivity contribution in [3.05, 3.63) is 34.2 Å². The van der Waals surface area contributed by atoms with E-state index in [1.54, 1.807) is 11.0 Å². The molecule has 1 aromatic rings. The summed E-state index contributed by atoms with van der Waals surface area (Å²) in [6, 6.07) is 2.52. The first-order valence-electron chi connectivity index (χ1n) is 7.13. The molecule has 7 heteroatoms. The highest BCUT2D eigenvalue weighted by molar-refractivity contribution is 7.91. The molecule has 0 aromatic carbocycles. The van der Waals surface area contributed by atoms with Crippen molar-refractivity contribution >= 4 is 15.7 Å². The summed E-state index contributed by atoms with van der Waals surface area (Å²) >= 11 is 0. The summed E-state index contributed by atoms with van der Waals surface area (Å²) in [7, 11) is -3.05. The number of unbranched alkanes of at least 4 members (excludes halogenated alkanes) is 1. The number of amides is 1. The van der Waals surface area contributed by atoms with Crippen molar-refractivity contribution in [2.45, 2.75) is 32.2 Å². The fourth-order valence-corrected chi connectivity index (χ4v) is 4.27. The summed E-state index contributed by atoms with van der Waals surface area (Å²) < 4.78 is 23.3. The Bertz CT molecular complexity index is 666. The molecule has 1 amide bonds. The van der Waals surface area contributed by atoms with Crippen LogP contribution in [0.1, 0.15) is 36.5 Å². The number of H-pyrrole nitrogens is 1. The van der Waals surface area contributed by atoms with Gasteiger partial charge in [-0.15, -0.1) is 0 Å². The van der Waals surface area contributed by atoms with E-state index >= 15 is 0 Å². The number of hydrogen-bond donors (Lipinski definition) is 1. The van der Waals surface area contributed by atoms with E-state index < -0.39 is 9.84 Å². The number of aromatic nitrogens is 1. The van der Waals surface area contributed by atoms with Crippen molar-refractivity contribution in [2.24, 2.45) is 0 Å². The minimum Gasteiger partial charge on any atom is -0.335 e. The number of carbonyl (C=O) groups is 1. The number of rotatable bonds is 5. The molecule has 1 fully saturated rings. The van der Waals surface area contributed by atoms with E-state index in [4.69, 9.17) is 0 Å². The third-order valence-electron chi connectivity index (χ3n) is 3.68. The van der Waals surface area contributed by atoms with Gasteiger partial charge in [-0.3, -0.25) is 9.59 Å². The van der Waals surface area contributed by atoms with Crippen LogP contribution in [0, 0.1) is 0 Å². The van der Waals surface area contributed by atoms with Crippen LogP contribution in [0.3, 0.4) is 0 Å². The van der Waals surface area contributed by atoms with E-state index in [1.165, 1.54) is 12.3 Å². The Morgan fingerprint density at radius 2 is 2.24 bits per heavy atom. The molecule has 1 aromatic heterocycles. The number of pyridine rings is 1. The van der Waals surface area contributed by atoms with Gasteiger partial charge in [0.15, 0.2) is 9.84 Å². The topological polar surface area (TPSA) is 87.3 Å². The summed E-state index contributed by atoms with van der Waals surface area (Å²) in [5.41, 5.74) is -0.0329. The van der Waals surface area contributed by atoms with Crippen molar-refractivity contribution in [2.75, 3.05) is 18.1 Å². The zero-order valence-electron chi connectivity index (χ0n) is 12.0. The molecule has 1 aliphatic heterocycles. The molecule has 0 saturated carbocycles. The van der Waals surface area contributed by atoms with E-state index in [2.05, 4.69) is 4.98 Å². The SMILES string of the molecule is CCCCN(C(=O)c1cc[nH]c(=O)c1)C1CCS(=O)(=O)C1. The molecule has 1 unspecified atom stereocenters. The average molecular weight is 312 g/mol. The van der Waals surface area contributed by atoms with Gasteiger partial charge in [-0.1, -0.05) is 13.3 Å². The van der Waals surface area contributed by atoms with Gasteiger partial charge in [0.05, 0.1) is 11.5 Å². The van der Waals surface area contributed by atoms with Crippen LogP contribution in [0.4, 0.5) is 0 Å². The molecular weight excluding hydrogens is 292 g/mol. The predicted molar refractivity (Wildman–Crippen MR) is 80.1 cm³/mol. The molecule has 2 heterocycles. The van der Waals surface area contributed by atoms with Gasteiger partial charge in [-0.25, -0.2) is 8.42 Å². The minimum atomic E-state index is -3.05. The highest BCUT2D eigenvalue weighted by Gasteiger charge is 2.34. The highest BCUT2D eigenvalue weighted by Crippen LogP contribution is 2.20. The van der Waals surface area contributed by atoms with Crippen LogP contribution in [-0.2, 0) is 9.84 Å². The fourth-order valence-electron chi connectivity index (χ4n) is 2.54. The zero-order valence-corrected chi connectivity index (χ0v) is 12.9. The Hall–Kier alpha value is -1.63. The lowest BCUT2D eigenvalue weighted by Crippen LogP contribution is -2.42. The fraction of sp³-hybridized carbons (Fsp3) is 0.571. The third kappa shape index (κ3) is 3.93. The summed E-state index contributed by atoms with van der Waals surface area (Å²) in [5.74, 6) is -0.120. The van der Waals surface area contributed by atoms with Crippen LogP contribution in [0.15, 0.2) is 23.1 Å². The Labute approximate surface area is 124 Å². The van der Waals surface area contributed by atoms with Crippen LogP contribution < -0.4 is 5.56 Å². The number of carbonyl (C=O) groups excluding carboxylic acids is 1. The number of nitrogens with one attached hydrogen (secondary N) is 1. The van der Waals surface area contributed by atoms with E-state index in [-0.39, 0.29) is 29.0 Å². The first-order valence-corrected chi connectivity index (χ1v) is 8.95. The number of aromatic amines is 1. The van der Waals surface area contributed by atoms with Gasteiger partial charge in [-0.2, -0.15) is 0 Å². The lowest BCUT2D eigenvalue weighted by atomic mass is 10.1. The molecule has 0 radical (unpaired) electrons. The maximum atomic E-state index is 12.6.